The molecule has 2 N–H and O–H groups in total. The van der Waals surface area contributed by atoms with Crippen molar-refractivity contribution in [2.75, 3.05) is 10.6 Å². The zero-order valence-electron chi connectivity index (χ0n) is 20.9. The van der Waals surface area contributed by atoms with E-state index in [1.165, 1.54) is 33.7 Å². The second-order valence-corrected chi connectivity index (χ2v) is 9.43. The maximum Gasteiger partial charge on any atom is 0.337 e. The number of carbonyl (C=O) groups excluding carboxylic acids is 1. The lowest BCUT2D eigenvalue weighted by molar-refractivity contribution is -0.114. The first-order valence-electron chi connectivity index (χ1n) is 11.9. The zero-order valence-corrected chi connectivity index (χ0v) is 20.9. The number of nitrogens with zero attached hydrogens (tertiary/aromatic N) is 3. The Morgan fingerprint density at radius 2 is 1.76 bits per heavy atom. The minimum absolute atomic E-state index is 0.0671. The van der Waals surface area contributed by atoms with Crippen molar-refractivity contribution >= 4 is 34.0 Å². The second-order valence-electron chi connectivity index (χ2n) is 9.43. The number of halogens is 1. The van der Waals surface area contributed by atoms with E-state index in [9.17, 15) is 23.6 Å². The van der Waals surface area contributed by atoms with Crippen LogP contribution in [0.5, 0.6) is 0 Å². The summed E-state index contributed by atoms with van der Waals surface area (Å²) in [5.74, 6) is -0.820. The fourth-order valence-electron chi connectivity index (χ4n) is 4.62. The summed E-state index contributed by atoms with van der Waals surface area (Å²) in [4.78, 5) is 52.6. The molecule has 9 nitrogen and oxygen atoms in total. The summed E-state index contributed by atoms with van der Waals surface area (Å²) < 4.78 is 18.6. The van der Waals surface area contributed by atoms with Crippen LogP contribution in [0.3, 0.4) is 0 Å². The minimum Gasteiger partial charge on any atom is -0.352 e. The summed E-state index contributed by atoms with van der Waals surface area (Å²) in [6.07, 6.45) is 1.35. The lowest BCUT2D eigenvalue weighted by Crippen LogP contribution is -2.41. The number of pyridine rings is 1. The lowest BCUT2D eigenvalue weighted by atomic mass is 10.1. The highest BCUT2D eigenvalue weighted by molar-refractivity contribution is 5.94. The Hall–Kier alpha value is -4.47. The van der Waals surface area contributed by atoms with Crippen molar-refractivity contribution in [2.24, 2.45) is 7.05 Å². The van der Waals surface area contributed by atoms with Crippen molar-refractivity contribution in [3.05, 3.63) is 90.6 Å². The maximum atomic E-state index is 14.8. The molecule has 1 fully saturated rings. The first-order valence-corrected chi connectivity index (χ1v) is 11.9. The highest BCUT2D eigenvalue weighted by Crippen LogP contribution is 2.34. The molecule has 1 amide bonds. The number of fused-ring (bicyclic) bond motifs is 1. The molecule has 0 bridgehead atoms. The van der Waals surface area contributed by atoms with Gasteiger partial charge in [-0.25, -0.2) is 13.8 Å². The second kappa shape index (κ2) is 8.88. The van der Waals surface area contributed by atoms with Crippen molar-refractivity contribution in [1.82, 2.24) is 13.7 Å². The molecule has 0 radical (unpaired) electrons. The number of benzene rings is 2. The van der Waals surface area contributed by atoms with Gasteiger partial charge in [0.05, 0.1) is 17.1 Å². The number of carbonyl (C=O) groups is 1. The first kappa shape index (κ1) is 24.2. The average molecular weight is 504 g/mol. The zero-order chi connectivity index (χ0) is 26.6. The molecule has 2 aromatic carbocycles. The Morgan fingerprint density at radius 1 is 1.03 bits per heavy atom. The number of hydrogen-bond acceptors (Lipinski definition) is 5. The van der Waals surface area contributed by atoms with Crippen LogP contribution in [0.2, 0.25) is 0 Å². The van der Waals surface area contributed by atoms with Crippen LogP contribution < -0.4 is 27.4 Å². The summed E-state index contributed by atoms with van der Waals surface area (Å²) in [7, 11) is 1.49. The third-order valence-electron chi connectivity index (χ3n) is 6.55. The molecule has 2 aromatic heterocycles. The number of rotatable bonds is 5. The van der Waals surface area contributed by atoms with Crippen LogP contribution in [0.1, 0.15) is 36.9 Å². The van der Waals surface area contributed by atoms with Crippen molar-refractivity contribution in [3.63, 3.8) is 0 Å². The molecule has 0 unspecified atom stereocenters. The number of aromatic nitrogens is 3. The van der Waals surface area contributed by atoms with Crippen LogP contribution in [0.15, 0.2) is 56.8 Å². The highest BCUT2D eigenvalue weighted by Gasteiger charge is 2.31. The molecule has 0 atom stereocenters. The molecule has 0 saturated heterocycles. The highest BCUT2D eigenvalue weighted by atomic mass is 19.1. The molecule has 190 valence electrons. The summed E-state index contributed by atoms with van der Waals surface area (Å²) >= 11 is 0. The lowest BCUT2D eigenvalue weighted by Gasteiger charge is -2.21. The van der Waals surface area contributed by atoms with Crippen LogP contribution >= 0.6 is 0 Å². The average Bonchev–Trinajstić information content (AvgIpc) is 3.67. The maximum absolute atomic E-state index is 14.8. The SMILES string of the molecule is CC(=O)Nc1cccc(-n2c(=O)n(C3CC3)c(=O)c3c(Nc4ccc(C)cc4F)c(C)c(=O)n(C)c32)c1. The molecule has 0 aliphatic heterocycles. The Morgan fingerprint density at radius 3 is 2.41 bits per heavy atom. The number of aryl methyl sites for hydroxylation is 2. The smallest absolute Gasteiger partial charge is 0.337 e. The van der Waals surface area contributed by atoms with Gasteiger partial charge in [0.25, 0.3) is 11.1 Å². The molecule has 37 heavy (non-hydrogen) atoms. The predicted molar refractivity (Wildman–Crippen MR) is 141 cm³/mol. The van der Waals surface area contributed by atoms with Gasteiger partial charge in [-0.1, -0.05) is 12.1 Å². The van der Waals surface area contributed by atoms with Gasteiger partial charge in [-0.05, 0) is 62.6 Å². The Labute approximate surface area is 210 Å². The molecular formula is C27H26FN5O4. The van der Waals surface area contributed by atoms with Gasteiger partial charge in [-0.15, -0.1) is 0 Å². The third kappa shape index (κ3) is 4.14. The van der Waals surface area contributed by atoms with E-state index in [1.807, 2.05) is 0 Å². The van der Waals surface area contributed by atoms with Gasteiger partial charge in [0.1, 0.15) is 16.9 Å². The Balaban J connectivity index is 1.90. The minimum atomic E-state index is -0.591. The number of nitrogens with one attached hydrogen (secondary N) is 2. The van der Waals surface area contributed by atoms with Crippen LogP contribution in [-0.2, 0) is 11.8 Å². The summed E-state index contributed by atoms with van der Waals surface area (Å²) in [6, 6.07) is 10.9. The molecule has 1 aliphatic rings. The van der Waals surface area contributed by atoms with E-state index in [0.29, 0.717) is 24.2 Å². The molecule has 0 spiro atoms. The standard InChI is InChI=1S/C27H26FN5O4/c1-14-8-11-21(20(28)12-14)30-23-15(2)25(35)31(4)24-22(23)26(36)33(18-9-10-18)27(37)32(24)19-7-5-6-17(13-19)29-16(3)34/h5-8,11-13,18,30H,9-10H2,1-4H3,(H,29,34). The van der Waals surface area contributed by atoms with Crippen molar-refractivity contribution in [3.8, 4) is 5.69 Å². The van der Waals surface area contributed by atoms with Crippen molar-refractivity contribution in [2.45, 2.75) is 39.7 Å². The summed E-state index contributed by atoms with van der Waals surface area (Å²) in [5.41, 5.74) is 0.474. The van der Waals surface area contributed by atoms with E-state index in [4.69, 9.17) is 0 Å². The van der Waals surface area contributed by atoms with Crippen molar-refractivity contribution in [1.29, 1.82) is 0 Å². The number of amides is 1. The fraction of sp³-hybridized carbons (Fsp3) is 0.259. The van der Waals surface area contributed by atoms with Crippen LogP contribution in [-0.4, -0.2) is 19.6 Å². The van der Waals surface area contributed by atoms with Gasteiger partial charge in [0, 0.05) is 31.3 Å². The van der Waals surface area contributed by atoms with E-state index in [0.717, 1.165) is 5.56 Å². The number of hydrogen-bond donors (Lipinski definition) is 2. The Kier molecular flexibility index (Phi) is 5.82. The monoisotopic (exact) mass is 503 g/mol. The van der Waals surface area contributed by atoms with Gasteiger partial charge < -0.3 is 10.6 Å². The van der Waals surface area contributed by atoms with E-state index in [-0.39, 0.29) is 39.9 Å². The molecule has 4 aromatic rings. The summed E-state index contributed by atoms with van der Waals surface area (Å²) in [5, 5.41) is 5.75. The fourth-order valence-corrected chi connectivity index (χ4v) is 4.62. The Bertz CT molecular complexity index is 1780. The molecule has 10 heteroatoms. The molecule has 5 rings (SSSR count). The quantitative estimate of drug-likeness (QED) is 0.433. The molecular weight excluding hydrogens is 477 g/mol. The third-order valence-corrected chi connectivity index (χ3v) is 6.55. The molecule has 1 aliphatic carbocycles. The normalized spacial score (nSPS) is 13.1. The largest absolute Gasteiger partial charge is 0.352 e. The van der Waals surface area contributed by atoms with Crippen LogP contribution in [0, 0.1) is 19.7 Å². The first-order chi connectivity index (χ1) is 17.6. The van der Waals surface area contributed by atoms with Crippen LogP contribution in [0.4, 0.5) is 21.5 Å². The van der Waals surface area contributed by atoms with Gasteiger partial charge in [0.15, 0.2) is 0 Å². The van der Waals surface area contributed by atoms with Gasteiger partial charge in [-0.2, -0.15) is 0 Å². The topological polar surface area (TPSA) is 107 Å². The van der Waals surface area contributed by atoms with Crippen molar-refractivity contribution < 1.29 is 9.18 Å². The van der Waals surface area contributed by atoms with E-state index < -0.39 is 22.6 Å². The van der Waals surface area contributed by atoms with Gasteiger partial charge in [-0.3, -0.25) is 23.5 Å². The summed E-state index contributed by atoms with van der Waals surface area (Å²) in [6.45, 7) is 4.69. The van der Waals surface area contributed by atoms with E-state index in [1.54, 1.807) is 50.2 Å². The van der Waals surface area contributed by atoms with Gasteiger partial charge in [0.2, 0.25) is 5.91 Å². The number of anilines is 3. The van der Waals surface area contributed by atoms with Gasteiger partial charge >= 0.3 is 5.69 Å². The molecule has 2 heterocycles. The predicted octanol–water partition coefficient (Wildman–Crippen LogP) is 3.64. The van der Waals surface area contributed by atoms with E-state index in [2.05, 4.69) is 10.6 Å². The van der Waals surface area contributed by atoms with E-state index >= 15 is 0 Å². The molecule has 1 saturated carbocycles. The van der Waals surface area contributed by atoms with Crippen LogP contribution in [0.25, 0.3) is 16.7 Å².